The zero-order chi connectivity index (χ0) is 12.7. The molecule has 4 heteroatoms. The van der Waals surface area contributed by atoms with E-state index in [-0.39, 0.29) is 18.7 Å². The first-order valence-electron chi connectivity index (χ1n) is 5.34. The Morgan fingerprint density at radius 2 is 2.18 bits per heavy atom. The van der Waals surface area contributed by atoms with Crippen LogP contribution in [-0.2, 0) is 9.53 Å². The van der Waals surface area contributed by atoms with Crippen molar-refractivity contribution in [2.45, 2.75) is 20.0 Å². The van der Waals surface area contributed by atoms with Crippen LogP contribution in [0.15, 0.2) is 36.4 Å². The smallest absolute Gasteiger partial charge is 0.330 e. The van der Waals surface area contributed by atoms with Crippen molar-refractivity contribution in [3.63, 3.8) is 0 Å². The summed E-state index contributed by atoms with van der Waals surface area (Å²) in [5, 5.41) is 0.541. The first kappa shape index (κ1) is 13.6. The summed E-state index contributed by atoms with van der Waals surface area (Å²) in [6.45, 7) is 3.79. The number of halogens is 1. The van der Waals surface area contributed by atoms with Crippen LogP contribution in [0.4, 0.5) is 0 Å². The van der Waals surface area contributed by atoms with Crippen LogP contribution in [0.5, 0.6) is 5.75 Å². The monoisotopic (exact) mass is 254 g/mol. The highest BCUT2D eigenvalue weighted by Gasteiger charge is 2.08. The van der Waals surface area contributed by atoms with E-state index in [1.54, 1.807) is 32.1 Å². The first-order valence-corrected chi connectivity index (χ1v) is 5.72. The number of allylic oxidation sites excluding steroid dienone is 1. The number of rotatable bonds is 5. The fourth-order valence-corrected chi connectivity index (χ4v) is 1.37. The summed E-state index contributed by atoms with van der Waals surface area (Å²) < 4.78 is 10.5. The van der Waals surface area contributed by atoms with Crippen molar-refractivity contribution in [2.75, 3.05) is 6.61 Å². The quantitative estimate of drug-likeness (QED) is 0.598. The standard InChI is InChI=1S/C13H15ClO3/c1-3-6-13(15)17-10(2)9-16-12-8-5-4-7-11(12)14/h3-8,10H,9H2,1-2H3. The molecule has 0 aliphatic rings. The molecule has 0 aliphatic heterocycles. The summed E-state index contributed by atoms with van der Waals surface area (Å²) in [4.78, 5) is 11.1. The Morgan fingerprint density at radius 3 is 2.82 bits per heavy atom. The Kier molecular flexibility index (Phi) is 5.57. The minimum absolute atomic E-state index is 0.271. The van der Waals surface area contributed by atoms with Gasteiger partial charge in [0, 0.05) is 6.08 Å². The van der Waals surface area contributed by atoms with Gasteiger partial charge in [-0.25, -0.2) is 4.79 Å². The van der Waals surface area contributed by atoms with Gasteiger partial charge >= 0.3 is 5.97 Å². The average molecular weight is 255 g/mol. The molecule has 0 heterocycles. The van der Waals surface area contributed by atoms with Gasteiger partial charge in [0.05, 0.1) is 5.02 Å². The SMILES string of the molecule is CC=CC(=O)OC(C)COc1ccccc1Cl. The molecule has 0 radical (unpaired) electrons. The molecule has 0 N–H and O–H groups in total. The number of benzene rings is 1. The molecule has 0 fully saturated rings. The zero-order valence-corrected chi connectivity index (χ0v) is 10.6. The Morgan fingerprint density at radius 1 is 1.47 bits per heavy atom. The molecule has 0 amide bonds. The van der Waals surface area contributed by atoms with E-state index in [4.69, 9.17) is 21.1 Å². The maximum absolute atomic E-state index is 11.1. The van der Waals surface area contributed by atoms with Crippen LogP contribution in [0.1, 0.15) is 13.8 Å². The molecule has 1 aromatic carbocycles. The third kappa shape index (κ3) is 4.91. The lowest BCUT2D eigenvalue weighted by Crippen LogP contribution is -2.21. The van der Waals surface area contributed by atoms with Crippen molar-refractivity contribution in [1.82, 2.24) is 0 Å². The third-order valence-electron chi connectivity index (χ3n) is 1.93. The van der Waals surface area contributed by atoms with E-state index in [9.17, 15) is 4.79 Å². The molecule has 3 nitrogen and oxygen atoms in total. The molecule has 0 bridgehead atoms. The number of esters is 1. The van der Waals surface area contributed by atoms with E-state index in [1.807, 2.05) is 12.1 Å². The molecular weight excluding hydrogens is 240 g/mol. The predicted molar refractivity (Wildman–Crippen MR) is 67.3 cm³/mol. The Labute approximate surface area is 106 Å². The topological polar surface area (TPSA) is 35.5 Å². The lowest BCUT2D eigenvalue weighted by atomic mass is 10.3. The summed E-state index contributed by atoms with van der Waals surface area (Å²) in [6, 6.07) is 7.17. The maximum Gasteiger partial charge on any atom is 0.330 e. The van der Waals surface area contributed by atoms with Gasteiger partial charge in [-0.15, -0.1) is 0 Å². The van der Waals surface area contributed by atoms with E-state index in [0.29, 0.717) is 10.8 Å². The molecule has 0 spiro atoms. The fraction of sp³-hybridized carbons (Fsp3) is 0.308. The molecule has 1 rings (SSSR count). The summed E-state index contributed by atoms with van der Waals surface area (Å²) in [6.07, 6.45) is 2.67. The van der Waals surface area contributed by atoms with Crippen molar-refractivity contribution in [2.24, 2.45) is 0 Å². The number of carbonyl (C=O) groups is 1. The van der Waals surface area contributed by atoms with Gasteiger partial charge in [0.15, 0.2) is 0 Å². The lowest BCUT2D eigenvalue weighted by Gasteiger charge is -2.13. The fourth-order valence-electron chi connectivity index (χ4n) is 1.18. The summed E-state index contributed by atoms with van der Waals surface area (Å²) in [5.74, 6) is 0.214. The molecule has 0 saturated carbocycles. The van der Waals surface area contributed by atoms with Crippen molar-refractivity contribution < 1.29 is 14.3 Å². The molecule has 1 unspecified atom stereocenters. The molecule has 0 aliphatic carbocycles. The molecule has 92 valence electrons. The number of hydrogen-bond donors (Lipinski definition) is 0. The third-order valence-corrected chi connectivity index (χ3v) is 2.24. The average Bonchev–Trinajstić information content (AvgIpc) is 2.28. The Balaban J connectivity index is 2.41. The second-order valence-corrected chi connectivity index (χ2v) is 3.90. The molecule has 1 aromatic rings. The van der Waals surface area contributed by atoms with Gasteiger partial charge in [-0.1, -0.05) is 29.8 Å². The molecular formula is C13H15ClO3. The predicted octanol–water partition coefficient (Wildman–Crippen LogP) is 3.23. The second kappa shape index (κ2) is 6.97. The van der Waals surface area contributed by atoms with Crippen molar-refractivity contribution in [3.05, 3.63) is 41.4 Å². The van der Waals surface area contributed by atoms with Crippen LogP contribution in [0.25, 0.3) is 0 Å². The number of hydrogen-bond acceptors (Lipinski definition) is 3. The highest BCUT2D eigenvalue weighted by atomic mass is 35.5. The number of ether oxygens (including phenoxy) is 2. The van der Waals surface area contributed by atoms with Gasteiger partial charge in [0.1, 0.15) is 18.5 Å². The Hall–Kier alpha value is -1.48. The highest BCUT2D eigenvalue weighted by molar-refractivity contribution is 6.32. The summed E-state index contributed by atoms with van der Waals surface area (Å²) in [7, 11) is 0. The van der Waals surface area contributed by atoms with Gasteiger partial charge in [-0.2, -0.15) is 0 Å². The Bertz CT molecular complexity index is 401. The van der Waals surface area contributed by atoms with Crippen molar-refractivity contribution in [3.8, 4) is 5.75 Å². The number of carbonyl (C=O) groups excluding carboxylic acids is 1. The van der Waals surface area contributed by atoms with E-state index in [2.05, 4.69) is 0 Å². The van der Waals surface area contributed by atoms with E-state index in [0.717, 1.165) is 0 Å². The normalized spacial score (nSPS) is 12.4. The van der Waals surface area contributed by atoms with Crippen LogP contribution in [0, 0.1) is 0 Å². The molecule has 1 atom stereocenters. The highest BCUT2D eigenvalue weighted by Crippen LogP contribution is 2.23. The minimum atomic E-state index is -0.372. The van der Waals surface area contributed by atoms with E-state index >= 15 is 0 Å². The largest absolute Gasteiger partial charge is 0.488 e. The lowest BCUT2D eigenvalue weighted by molar-refractivity contribution is -0.143. The van der Waals surface area contributed by atoms with Crippen LogP contribution >= 0.6 is 11.6 Å². The van der Waals surface area contributed by atoms with Crippen molar-refractivity contribution >= 4 is 17.6 Å². The number of para-hydroxylation sites is 1. The zero-order valence-electron chi connectivity index (χ0n) is 9.85. The summed E-state index contributed by atoms with van der Waals surface area (Å²) in [5.41, 5.74) is 0. The van der Waals surface area contributed by atoms with Crippen molar-refractivity contribution in [1.29, 1.82) is 0 Å². The molecule has 17 heavy (non-hydrogen) atoms. The molecule has 0 aromatic heterocycles. The molecule has 0 saturated heterocycles. The van der Waals surface area contributed by atoms with Gasteiger partial charge in [0.2, 0.25) is 0 Å². The van der Waals surface area contributed by atoms with Gasteiger partial charge in [0.25, 0.3) is 0 Å². The van der Waals surface area contributed by atoms with Crippen LogP contribution < -0.4 is 4.74 Å². The second-order valence-electron chi connectivity index (χ2n) is 3.49. The van der Waals surface area contributed by atoms with E-state index in [1.165, 1.54) is 6.08 Å². The van der Waals surface area contributed by atoms with E-state index < -0.39 is 0 Å². The van der Waals surface area contributed by atoms with Gasteiger partial charge < -0.3 is 9.47 Å². The van der Waals surface area contributed by atoms with Crippen LogP contribution in [0.3, 0.4) is 0 Å². The van der Waals surface area contributed by atoms with Gasteiger partial charge in [-0.05, 0) is 26.0 Å². The first-order chi connectivity index (χ1) is 8.13. The maximum atomic E-state index is 11.1. The summed E-state index contributed by atoms with van der Waals surface area (Å²) >= 11 is 5.92. The van der Waals surface area contributed by atoms with Gasteiger partial charge in [-0.3, -0.25) is 0 Å². The van der Waals surface area contributed by atoms with Crippen LogP contribution in [0.2, 0.25) is 5.02 Å². The van der Waals surface area contributed by atoms with Crippen LogP contribution in [-0.4, -0.2) is 18.7 Å². The minimum Gasteiger partial charge on any atom is -0.488 e.